The molecule has 0 saturated heterocycles. The molecule has 0 aliphatic heterocycles. The Morgan fingerprint density at radius 3 is 2.95 bits per heavy atom. The number of hydrogen-bond acceptors (Lipinski definition) is 4. The molecular formula is C13H14ClN3O2S. The lowest BCUT2D eigenvalue weighted by atomic mass is 10.1. The molecule has 5 nitrogen and oxygen atoms in total. The second kappa shape index (κ2) is 6.58. The third-order valence-electron chi connectivity index (χ3n) is 2.60. The van der Waals surface area contributed by atoms with Gasteiger partial charge < -0.3 is 10.1 Å². The molecule has 0 aliphatic rings. The number of nitrogens with one attached hydrogen (secondary N) is 2. The van der Waals surface area contributed by atoms with Gasteiger partial charge in [0.05, 0.1) is 19.3 Å². The van der Waals surface area contributed by atoms with E-state index in [0.717, 1.165) is 5.56 Å². The van der Waals surface area contributed by atoms with E-state index in [-0.39, 0.29) is 12.1 Å². The standard InChI is InChI=1S/C13H14ClN3O2S/c1-8(9-4-3-5-10(14)6-9)16-12(18)17-13-15-7-11(19-2)20-13/h3-8H,1-2H3,(H2,15,16,17,18)/t8-/m0/s1. The lowest BCUT2D eigenvalue weighted by molar-refractivity contribution is 0.249. The zero-order chi connectivity index (χ0) is 14.5. The van der Waals surface area contributed by atoms with Gasteiger partial charge in [0.1, 0.15) is 0 Å². The van der Waals surface area contributed by atoms with Crippen LogP contribution in [0.25, 0.3) is 0 Å². The maximum Gasteiger partial charge on any atom is 0.321 e. The third kappa shape index (κ3) is 3.85. The van der Waals surface area contributed by atoms with Crippen LogP contribution >= 0.6 is 22.9 Å². The fraction of sp³-hybridized carbons (Fsp3) is 0.231. The molecule has 2 N–H and O–H groups in total. The summed E-state index contributed by atoms with van der Waals surface area (Å²) in [6, 6.07) is 6.88. The maximum atomic E-state index is 11.8. The number of halogens is 1. The SMILES string of the molecule is COc1cnc(NC(=O)N[C@@H](C)c2cccc(Cl)c2)s1. The maximum absolute atomic E-state index is 11.8. The first kappa shape index (κ1) is 14.6. The fourth-order valence-corrected chi connectivity index (χ4v) is 2.43. The van der Waals surface area contributed by atoms with Gasteiger partial charge in [0.15, 0.2) is 10.2 Å². The van der Waals surface area contributed by atoms with E-state index in [1.165, 1.54) is 11.3 Å². The Kier molecular flexibility index (Phi) is 4.81. The molecular weight excluding hydrogens is 298 g/mol. The minimum absolute atomic E-state index is 0.157. The summed E-state index contributed by atoms with van der Waals surface area (Å²) in [7, 11) is 1.55. The first-order valence-corrected chi connectivity index (χ1v) is 7.10. The summed E-state index contributed by atoms with van der Waals surface area (Å²) in [4.78, 5) is 15.9. The van der Waals surface area contributed by atoms with Crippen LogP contribution in [0.15, 0.2) is 30.5 Å². The van der Waals surface area contributed by atoms with Gasteiger partial charge in [-0.3, -0.25) is 5.32 Å². The van der Waals surface area contributed by atoms with Crippen molar-refractivity contribution >= 4 is 34.1 Å². The molecule has 2 rings (SSSR count). The lowest BCUT2D eigenvalue weighted by Gasteiger charge is -2.14. The molecule has 0 fully saturated rings. The fourth-order valence-electron chi connectivity index (χ4n) is 1.60. The van der Waals surface area contributed by atoms with Crippen LogP contribution in [-0.2, 0) is 0 Å². The smallest absolute Gasteiger partial charge is 0.321 e. The van der Waals surface area contributed by atoms with Crippen LogP contribution in [0.3, 0.4) is 0 Å². The summed E-state index contributed by atoms with van der Waals surface area (Å²) < 4.78 is 5.01. The molecule has 2 amide bonds. The van der Waals surface area contributed by atoms with Gasteiger partial charge in [-0.2, -0.15) is 0 Å². The number of rotatable bonds is 4. The zero-order valence-electron chi connectivity index (χ0n) is 11.0. The molecule has 2 aromatic rings. The highest BCUT2D eigenvalue weighted by atomic mass is 35.5. The second-order valence-electron chi connectivity index (χ2n) is 4.06. The molecule has 1 heterocycles. The van der Waals surface area contributed by atoms with Crippen LogP contribution in [-0.4, -0.2) is 18.1 Å². The highest BCUT2D eigenvalue weighted by molar-refractivity contribution is 7.17. The van der Waals surface area contributed by atoms with Gasteiger partial charge in [-0.15, -0.1) is 0 Å². The van der Waals surface area contributed by atoms with Crippen molar-refractivity contribution in [2.75, 3.05) is 12.4 Å². The first-order valence-electron chi connectivity index (χ1n) is 5.91. The van der Waals surface area contributed by atoms with Crippen LogP contribution in [0, 0.1) is 0 Å². The minimum Gasteiger partial charge on any atom is -0.486 e. The van der Waals surface area contributed by atoms with E-state index in [1.54, 1.807) is 19.4 Å². The Labute approximate surface area is 125 Å². The van der Waals surface area contributed by atoms with Crippen LogP contribution in [0.2, 0.25) is 5.02 Å². The van der Waals surface area contributed by atoms with E-state index in [9.17, 15) is 4.79 Å². The molecule has 1 aromatic carbocycles. The normalized spacial score (nSPS) is 11.8. The van der Waals surface area contributed by atoms with Crippen LogP contribution in [0.4, 0.5) is 9.93 Å². The van der Waals surface area contributed by atoms with Gasteiger partial charge in [-0.1, -0.05) is 35.1 Å². The van der Waals surface area contributed by atoms with Crippen molar-refractivity contribution in [2.24, 2.45) is 0 Å². The minimum atomic E-state index is -0.325. The Balaban J connectivity index is 1.94. The molecule has 0 radical (unpaired) electrons. The van der Waals surface area contributed by atoms with Crippen molar-refractivity contribution < 1.29 is 9.53 Å². The molecule has 0 aliphatic carbocycles. The molecule has 7 heteroatoms. The number of hydrogen-bond donors (Lipinski definition) is 2. The van der Waals surface area contributed by atoms with Crippen LogP contribution in [0.5, 0.6) is 5.06 Å². The van der Waals surface area contributed by atoms with Crippen molar-refractivity contribution in [3.63, 3.8) is 0 Å². The summed E-state index contributed by atoms with van der Waals surface area (Å²) in [5.74, 6) is 0. The second-order valence-corrected chi connectivity index (χ2v) is 5.49. The van der Waals surface area contributed by atoms with E-state index in [4.69, 9.17) is 16.3 Å². The summed E-state index contributed by atoms with van der Waals surface area (Å²) in [5.41, 5.74) is 0.935. The van der Waals surface area contributed by atoms with Crippen molar-refractivity contribution in [1.82, 2.24) is 10.3 Å². The number of ether oxygens (including phenoxy) is 1. The molecule has 0 bridgehead atoms. The van der Waals surface area contributed by atoms with Gasteiger partial charge >= 0.3 is 6.03 Å². The molecule has 0 unspecified atom stereocenters. The largest absolute Gasteiger partial charge is 0.486 e. The van der Waals surface area contributed by atoms with Gasteiger partial charge in [0.2, 0.25) is 0 Å². The predicted octanol–water partition coefficient (Wildman–Crippen LogP) is 3.69. The number of methoxy groups -OCH3 is 1. The quantitative estimate of drug-likeness (QED) is 0.905. The van der Waals surface area contributed by atoms with E-state index in [0.29, 0.717) is 15.2 Å². The molecule has 0 saturated carbocycles. The third-order valence-corrected chi connectivity index (χ3v) is 3.71. The van der Waals surface area contributed by atoms with E-state index in [2.05, 4.69) is 15.6 Å². The zero-order valence-corrected chi connectivity index (χ0v) is 12.6. The molecule has 1 atom stereocenters. The number of carbonyl (C=O) groups excluding carboxylic acids is 1. The highest BCUT2D eigenvalue weighted by Gasteiger charge is 2.11. The van der Waals surface area contributed by atoms with E-state index in [1.807, 2.05) is 25.1 Å². The van der Waals surface area contributed by atoms with E-state index < -0.39 is 0 Å². The number of urea groups is 1. The van der Waals surface area contributed by atoms with Gasteiger partial charge in [0, 0.05) is 5.02 Å². The number of carbonyl (C=O) groups is 1. The van der Waals surface area contributed by atoms with Gasteiger partial charge in [-0.25, -0.2) is 9.78 Å². The first-order chi connectivity index (χ1) is 9.58. The number of nitrogens with zero attached hydrogens (tertiary/aromatic N) is 1. The number of amides is 2. The molecule has 0 spiro atoms. The monoisotopic (exact) mass is 311 g/mol. The predicted molar refractivity (Wildman–Crippen MR) is 80.7 cm³/mol. The molecule has 106 valence electrons. The summed E-state index contributed by atoms with van der Waals surface area (Å²) in [6.07, 6.45) is 1.56. The van der Waals surface area contributed by atoms with Crippen molar-refractivity contribution in [2.45, 2.75) is 13.0 Å². The molecule has 1 aromatic heterocycles. The average molecular weight is 312 g/mol. The lowest BCUT2D eigenvalue weighted by Crippen LogP contribution is -2.31. The van der Waals surface area contributed by atoms with E-state index >= 15 is 0 Å². The Hall–Kier alpha value is -1.79. The average Bonchev–Trinajstić information content (AvgIpc) is 2.86. The van der Waals surface area contributed by atoms with Crippen LogP contribution < -0.4 is 15.4 Å². The number of aromatic nitrogens is 1. The summed E-state index contributed by atoms with van der Waals surface area (Å²) >= 11 is 7.18. The summed E-state index contributed by atoms with van der Waals surface area (Å²) in [5, 5.41) is 7.24. The van der Waals surface area contributed by atoms with Gasteiger partial charge in [-0.05, 0) is 24.6 Å². The number of thiazole rings is 1. The Morgan fingerprint density at radius 1 is 1.50 bits per heavy atom. The van der Waals surface area contributed by atoms with Crippen molar-refractivity contribution in [3.8, 4) is 5.06 Å². The Morgan fingerprint density at radius 2 is 2.30 bits per heavy atom. The van der Waals surface area contributed by atoms with Gasteiger partial charge in [0.25, 0.3) is 0 Å². The van der Waals surface area contributed by atoms with Crippen molar-refractivity contribution in [3.05, 3.63) is 41.0 Å². The number of benzene rings is 1. The number of anilines is 1. The summed E-state index contributed by atoms with van der Waals surface area (Å²) in [6.45, 7) is 1.88. The Bertz CT molecular complexity index is 603. The highest BCUT2D eigenvalue weighted by Crippen LogP contribution is 2.25. The molecule has 20 heavy (non-hydrogen) atoms. The van der Waals surface area contributed by atoms with Crippen molar-refractivity contribution in [1.29, 1.82) is 0 Å². The van der Waals surface area contributed by atoms with Crippen LogP contribution in [0.1, 0.15) is 18.5 Å². The topological polar surface area (TPSA) is 63.2 Å².